The molecule has 0 saturated heterocycles. The van der Waals surface area contributed by atoms with E-state index in [-0.39, 0.29) is 11.6 Å². The van der Waals surface area contributed by atoms with Crippen LogP contribution in [0, 0.1) is 0 Å². The van der Waals surface area contributed by atoms with Crippen LogP contribution in [0.4, 0.5) is 11.4 Å². The normalized spacial score (nSPS) is 11.8. The molecule has 0 aliphatic carbocycles. The summed E-state index contributed by atoms with van der Waals surface area (Å²) in [6.07, 6.45) is 0. The van der Waals surface area contributed by atoms with E-state index < -0.39 is 5.97 Å². The van der Waals surface area contributed by atoms with Gasteiger partial charge in [-0.2, -0.15) is 0 Å². The molecular weight excluding hydrogens is 240 g/mol. The van der Waals surface area contributed by atoms with Crippen LogP contribution in [-0.2, 0) is 0 Å². The van der Waals surface area contributed by atoms with Crippen molar-refractivity contribution in [1.29, 1.82) is 0 Å². The first-order valence-corrected chi connectivity index (χ1v) is 6.02. The van der Waals surface area contributed by atoms with Crippen LogP contribution in [0.1, 0.15) is 28.9 Å². The molecule has 0 unspecified atom stereocenters. The summed E-state index contributed by atoms with van der Waals surface area (Å²) in [6.45, 7) is 1.98. The summed E-state index contributed by atoms with van der Waals surface area (Å²) in [5.74, 6) is -0.991. The minimum atomic E-state index is -0.991. The fourth-order valence-corrected chi connectivity index (χ4v) is 1.92. The molecule has 0 saturated carbocycles. The van der Waals surface area contributed by atoms with Crippen molar-refractivity contribution in [3.63, 3.8) is 0 Å². The summed E-state index contributed by atoms with van der Waals surface area (Å²) >= 11 is 0. The molecule has 4 nitrogen and oxygen atoms in total. The molecule has 2 rings (SSSR count). The molecule has 2 aromatic carbocycles. The number of nitrogen functional groups attached to an aromatic ring is 1. The zero-order valence-electron chi connectivity index (χ0n) is 10.6. The highest BCUT2D eigenvalue weighted by Crippen LogP contribution is 2.24. The summed E-state index contributed by atoms with van der Waals surface area (Å²) in [5.41, 5.74) is 7.90. The Morgan fingerprint density at radius 1 is 1.21 bits per heavy atom. The third-order valence-corrected chi connectivity index (χ3v) is 2.95. The van der Waals surface area contributed by atoms with Crippen molar-refractivity contribution in [2.75, 3.05) is 11.1 Å². The first-order valence-electron chi connectivity index (χ1n) is 6.02. The number of carboxylic acid groups (broad SMARTS) is 1. The largest absolute Gasteiger partial charge is 0.478 e. The van der Waals surface area contributed by atoms with Gasteiger partial charge in [0.25, 0.3) is 0 Å². The molecule has 0 radical (unpaired) electrons. The predicted molar refractivity (Wildman–Crippen MR) is 76.3 cm³/mol. The molecule has 0 bridgehead atoms. The Morgan fingerprint density at radius 2 is 1.89 bits per heavy atom. The van der Waals surface area contributed by atoms with Crippen LogP contribution in [0.3, 0.4) is 0 Å². The Bertz CT molecular complexity index is 582. The highest BCUT2D eigenvalue weighted by molar-refractivity contribution is 5.95. The summed E-state index contributed by atoms with van der Waals surface area (Å²) in [5, 5.41) is 12.4. The molecule has 0 spiro atoms. The van der Waals surface area contributed by atoms with E-state index in [4.69, 9.17) is 5.73 Å². The molecule has 19 heavy (non-hydrogen) atoms. The molecular formula is C15H16N2O2. The Labute approximate surface area is 111 Å². The molecule has 4 N–H and O–H groups in total. The first-order chi connectivity index (χ1) is 9.08. The number of hydrogen-bond donors (Lipinski definition) is 3. The van der Waals surface area contributed by atoms with Crippen LogP contribution in [0.25, 0.3) is 0 Å². The molecule has 1 atom stereocenters. The van der Waals surface area contributed by atoms with Crippen LogP contribution in [-0.4, -0.2) is 11.1 Å². The smallest absolute Gasteiger partial charge is 0.337 e. The van der Waals surface area contributed by atoms with Crippen molar-refractivity contribution in [3.05, 3.63) is 59.7 Å². The number of anilines is 2. The Hall–Kier alpha value is -2.49. The molecule has 0 amide bonds. The van der Waals surface area contributed by atoms with Crippen molar-refractivity contribution in [1.82, 2.24) is 0 Å². The van der Waals surface area contributed by atoms with E-state index in [9.17, 15) is 9.90 Å². The van der Waals surface area contributed by atoms with Crippen LogP contribution >= 0.6 is 0 Å². The van der Waals surface area contributed by atoms with Crippen molar-refractivity contribution >= 4 is 17.3 Å². The first kappa shape index (κ1) is 13.0. The lowest BCUT2D eigenvalue weighted by Crippen LogP contribution is -2.11. The second-order valence-electron chi connectivity index (χ2n) is 4.39. The third kappa shape index (κ3) is 3.04. The molecule has 0 aromatic heterocycles. The van der Waals surface area contributed by atoms with Gasteiger partial charge in [-0.25, -0.2) is 4.79 Å². The van der Waals surface area contributed by atoms with E-state index >= 15 is 0 Å². The van der Waals surface area contributed by atoms with Gasteiger partial charge in [-0.15, -0.1) is 0 Å². The fourth-order valence-electron chi connectivity index (χ4n) is 1.92. The van der Waals surface area contributed by atoms with Gasteiger partial charge in [0.2, 0.25) is 0 Å². The summed E-state index contributed by atoms with van der Waals surface area (Å²) in [6, 6.07) is 14.7. The average molecular weight is 256 g/mol. The molecule has 0 aliphatic heterocycles. The summed E-state index contributed by atoms with van der Waals surface area (Å²) in [7, 11) is 0. The zero-order chi connectivity index (χ0) is 13.8. The predicted octanol–water partition coefficient (Wildman–Crippen LogP) is 3.14. The molecule has 0 fully saturated rings. The SMILES string of the molecule is C[C@@H](Nc1ccc(N)cc1C(=O)O)c1ccccc1. The minimum Gasteiger partial charge on any atom is -0.478 e. The standard InChI is InChI=1S/C15H16N2O2/c1-10(11-5-3-2-4-6-11)17-14-8-7-12(16)9-13(14)15(18)19/h2-10,17H,16H2,1H3,(H,18,19)/t10-/m1/s1. The van der Waals surface area contributed by atoms with Gasteiger partial charge >= 0.3 is 5.97 Å². The molecule has 4 heteroatoms. The van der Waals surface area contributed by atoms with Crippen LogP contribution < -0.4 is 11.1 Å². The Morgan fingerprint density at radius 3 is 2.53 bits per heavy atom. The lowest BCUT2D eigenvalue weighted by atomic mass is 10.1. The lowest BCUT2D eigenvalue weighted by molar-refractivity contribution is 0.0698. The number of carbonyl (C=O) groups is 1. The third-order valence-electron chi connectivity index (χ3n) is 2.95. The van der Waals surface area contributed by atoms with Crippen LogP contribution in [0.5, 0.6) is 0 Å². The summed E-state index contributed by atoms with van der Waals surface area (Å²) < 4.78 is 0. The molecule has 0 heterocycles. The minimum absolute atomic E-state index is 0.0166. The number of hydrogen-bond acceptors (Lipinski definition) is 3. The Balaban J connectivity index is 2.26. The average Bonchev–Trinajstić information content (AvgIpc) is 2.41. The number of aromatic carboxylic acids is 1. The zero-order valence-corrected chi connectivity index (χ0v) is 10.6. The van der Waals surface area contributed by atoms with Gasteiger partial charge in [0, 0.05) is 17.4 Å². The van der Waals surface area contributed by atoms with E-state index in [2.05, 4.69) is 5.32 Å². The maximum absolute atomic E-state index is 11.2. The van der Waals surface area contributed by atoms with Gasteiger partial charge in [0.15, 0.2) is 0 Å². The molecule has 0 aliphatic rings. The van der Waals surface area contributed by atoms with Crippen molar-refractivity contribution in [2.45, 2.75) is 13.0 Å². The van der Waals surface area contributed by atoms with Gasteiger partial charge in [-0.05, 0) is 30.7 Å². The van der Waals surface area contributed by atoms with E-state index in [1.165, 1.54) is 6.07 Å². The lowest BCUT2D eigenvalue weighted by Gasteiger charge is -2.17. The van der Waals surface area contributed by atoms with Crippen molar-refractivity contribution in [2.24, 2.45) is 0 Å². The highest BCUT2D eigenvalue weighted by Gasteiger charge is 2.13. The monoisotopic (exact) mass is 256 g/mol. The van der Waals surface area contributed by atoms with E-state index in [0.717, 1.165) is 5.56 Å². The number of benzene rings is 2. The van der Waals surface area contributed by atoms with Gasteiger partial charge < -0.3 is 16.2 Å². The quantitative estimate of drug-likeness (QED) is 0.734. The number of nitrogens with two attached hydrogens (primary N) is 1. The van der Waals surface area contributed by atoms with Crippen molar-refractivity contribution in [3.8, 4) is 0 Å². The number of carboxylic acids is 1. The van der Waals surface area contributed by atoms with Crippen LogP contribution in [0.2, 0.25) is 0 Å². The van der Waals surface area contributed by atoms with E-state index in [1.54, 1.807) is 12.1 Å². The van der Waals surface area contributed by atoms with Gasteiger partial charge in [0.1, 0.15) is 0 Å². The maximum Gasteiger partial charge on any atom is 0.337 e. The number of rotatable bonds is 4. The van der Waals surface area contributed by atoms with E-state index in [0.29, 0.717) is 11.4 Å². The van der Waals surface area contributed by atoms with Gasteiger partial charge in [0.05, 0.1) is 5.56 Å². The summed E-state index contributed by atoms with van der Waals surface area (Å²) in [4.78, 5) is 11.2. The maximum atomic E-state index is 11.2. The second kappa shape index (κ2) is 5.44. The fraction of sp³-hybridized carbons (Fsp3) is 0.133. The highest BCUT2D eigenvalue weighted by atomic mass is 16.4. The topological polar surface area (TPSA) is 75.3 Å². The van der Waals surface area contributed by atoms with Crippen molar-refractivity contribution < 1.29 is 9.90 Å². The molecule has 2 aromatic rings. The van der Waals surface area contributed by atoms with Gasteiger partial charge in [-0.3, -0.25) is 0 Å². The Kier molecular flexibility index (Phi) is 3.71. The number of nitrogens with one attached hydrogen (secondary N) is 1. The van der Waals surface area contributed by atoms with Gasteiger partial charge in [-0.1, -0.05) is 30.3 Å². The second-order valence-corrected chi connectivity index (χ2v) is 4.39. The van der Waals surface area contributed by atoms with E-state index in [1.807, 2.05) is 37.3 Å². The van der Waals surface area contributed by atoms with Crippen LogP contribution in [0.15, 0.2) is 48.5 Å². The molecule has 98 valence electrons.